The van der Waals surface area contributed by atoms with Gasteiger partial charge in [-0.25, -0.2) is 8.78 Å². The molecule has 0 aromatic heterocycles. The molecule has 4 heteroatoms. The fourth-order valence-corrected chi connectivity index (χ4v) is 1.69. The Bertz CT molecular complexity index is 657. The van der Waals surface area contributed by atoms with Gasteiger partial charge in [0.25, 0.3) is 0 Å². The summed E-state index contributed by atoms with van der Waals surface area (Å²) in [5.41, 5.74) is 1.03. The van der Waals surface area contributed by atoms with Crippen molar-refractivity contribution in [3.05, 3.63) is 70.8 Å². The molecule has 0 amide bonds. The van der Waals surface area contributed by atoms with Crippen LogP contribution in [0.4, 0.5) is 8.78 Å². The van der Waals surface area contributed by atoms with Gasteiger partial charge in [0.1, 0.15) is 11.6 Å². The number of benzene rings is 2. The van der Waals surface area contributed by atoms with Crippen molar-refractivity contribution in [2.24, 2.45) is 0 Å². The van der Waals surface area contributed by atoms with Gasteiger partial charge in [-0.05, 0) is 29.8 Å². The van der Waals surface area contributed by atoms with E-state index in [-0.39, 0.29) is 12.0 Å². The molecule has 2 rings (SSSR count). The fraction of sp³-hybridized carbons (Fsp3) is 0.0667. The lowest BCUT2D eigenvalue weighted by Crippen LogP contribution is -2.06. The van der Waals surface area contributed by atoms with Crippen molar-refractivity contribution in [1.82, 2.24) is 0 Å². The van der Waals surface area contributed by atoms with Gasteiger partial charge in [-0.3, -0.25) is 4.79 Å². The molecule has 2 aromatic rings. The van der Waals surface area contributed by atoms with Crippen molar-refractivity contribution in [2.75, 3.05) is 0 Å². The van der Waals surface area contributed by atoms with Gasteiger partial charge >= 0.3 is 0 Å². The van der Waals surface area contributed by atoms with E-state index in [0.717, 1.165) is 12.1 Å². The summed E-state index contributed by atoms with van der Waals surface area (Å²) in [5, 5.41) is 8.65. The van der Waals surface area contributed by atoms with Gasteiger partial charge < -0.3 is 0 Å². The summed E-state index contributed by atoms with van der Waals surface area (Å²) in [6, 6.07) is 11.3. The lowest BCUT2D eigenvalue weighted by molar-refractivity contribution is 0.0989. The molecule has 19 heavy (non-hydrogen) atoms. The molecule has 0 N–H and O–H groups in total. The third kappa shape index (κ3) is 3.02. The highest BCUT2D eigenvalue weighted by atomic mass is 19.1. The van der Waals surface area contributed by atoms with Crippen LogP contribution in [0.3, 0.4) is 0 Å². The van der Waals surface area contributed by atoms with Gasteiger partial charge in [-0.2, -0.15) is 5.26 Å². The van der Waals surface area contributed by atoms with Crippen LogP contribution in [0.2, 0.25) is 0 Å². The lowest BCUT2D eigenvalue weighted by Gasteiger charge is -2.03. The molecule has 2 nitrogen and oxygen atoms in total. The van der Waals surface area contributed by atoms with E-state index in [1.165, 1.54) is 0 Å². The third-order valence-corrected chi connectivity index (χ3v) is 2.68. The lowest BCUT2D eigenvalue weighted by atomic mass is 10.0. The van der Waals surface area contributed by atoms with Crippen molar-refractivity contribution >= 4 is 5.78 Å². The number of rotatable bonds is 3. The Kier molecular flexibility index (Phi) is 3.67. The second-order valence-corrected chi connectivity index (χ2v) is 4.03. The summed E-state index contributed by atoms with van der Waals surface area (Å²) in [6.45, 7) is 0. The molecule has 0 saturated heterocycles. The van der Waals surface area contributed by atoms with E-state index in [1.807, 2.05) is 6.07 Å². The van der Waals surface area contributed by atoms with Crippen LogP contribution in [-0.4, -0.2) is 5.78 Å². The van der Waals surface area contributed by atoms with Crippen LogP contribution in [0.25, 0.3) is 0 Å². The minimum absolute atomic E-state index is 0.00820. The molecule has 94 valence electrons. The van der Waals surface area contributed by atoms with E-state index in [9.17, 15) is 13.6 Å². The maximum absolute atomic E-state index is 13.4. The Labute approximate surface area is 108 Å². The largest absolute Gasteiger partial charge is 0.294 e. The average Bonchev–Trinajstić information content (AvgIpc) is 2.39. The maximum atomic E-state index is 13.4. The first kappa shape index (κ1) is 12.9. The molecule has 0 atom stereocenters. The fourth-order valence-electron chi connectivity index (χ4n) is 1.69. The van der Waals surface area contributed by atoms with Crippen molar-refractivity contribution in [2.45, 2.75) is 6.42 Å². The third-order valence-electron chi connectivity index (χ3n) is 2.68. The molecule has 0 aliphatic carbocycles. The Morgan fingerprint density at radius 3 is 2.37 bits per heavy atom. The molecule has 0 aliphatic heterocycles. The first-order valence-electron chi connectivity index (χ1n) is 5.57. The second-order valence-electron chi connectivity index (χ2n) is 4.03. The van der Waals surface area contributed by atoms with E-state index in [4.69, 9.17) is 5.26 Å². The Balaban J connectivity index is 2.18. The summed E-state index contributed by atoms with van der Waals surface area (Å²) in [6.07, 6.45) is 0.00820. The smallest absolute Gasteiger partial charge is 0.170 e. The molecule has 0 aliphatic rings. The van der Waals surface area contributed by atoms with Crippen LogP contribution in [0.15, 0.2) is 42.5 Å². The topological polar surface area (TPSA) is 40.9 Å². The first-order chi connectivity index (χ1) is 9.10. The number of ketones is 1. The summed E-state index contributed by atoms with van der Waals surface area (Å²) in [5.74, 6) is -2.01. The number of carbonyl (C=O) groups excluding carboxylic acids is 1. The first-order valence-corrected chi connectivity index (χ1v) is 5.57. The molecule has 0 saturated carbocycles. The average molecular weight is 257 g/mol. The Hall–Kier alpha value is -2.54. The zero-order valence-electron chi connectivity index (χ0n) is 9.86. The highest BCUT2D eigenvalue weighted by Crippen LogP contribution is 2.13. The van der Waals surface area contributed by atoms with E-state index >= 15 is 0 Å². The molecule has 0 fully saturated rings. The summed E-state index contributed by atoms with van der Waals surface area (Å²) in [4.78, 5) is 11.9. The summed E-state index contributed by atoms with van der Waals surface area (Å²) >= 11 is 0. The minimum Gasteiger partial charge on any atom is -0.294 e. The molecule has 0 heterocycles. The van der Waals surface area contributed by atoms with Crippen molar-refractivity contribution in [1.29, 1.82) is 5.26 Å². The standard InChI is InChI=1S/C15H9F2NO/c16-12-5-6-13(14(17)8-12)15(19)7-10-1-3-11(9-18)4-2-10/h1-6,8H,7H2. The zero-order valence-corrected chi connectivity index (χ0v) is 9.86. The van der Waals surface area contributed by atoms with Crippen LogP contribution in [0, 0.1) is 23.0 Å². The van der Waals surface area contributed by atoms with Crippen LogP contribution >= 0.6 is 0 Å². The van der Waals surface area contributed by atoms with Crippen LogP contribution in [0.5, 0.6) is 0 Å². The van der Waals surface area contributed by atoms with Gasteiger partial charge in [0.05, 0.1) is 17.2 Å². The van der Waals surface area contributed by atoms with Crippen LogP contribution in [0.1, 0.15) is 21.5 Å². The van der Waals surface area contributed by atoms with Crippen molar-refractivity contribution < 1.29 is 13.6 Å². The van der Waals surface area contributed by atoms with Crippen molar-refractivity contribution in [3.63, 3.8) is 0 Å². The molecule has 0 spiro atoms. The number of nitriles is 1. The van der Waals surface area contributed by atoms with Crippen molar-refractivity contribution in [3.8, 4) is 6.07 Å². The SMILES string of the molecule is N#Cc1ccc(CC(=O)c2ccc(F)cc2F)cc1. The Morgan fingerprint density at radius 1 is 1.11 bits per heavy atom. The normalized spacial score (nSPS) is 9.95. The van der Waals surface area contributed by atoms with Crippen LogP contribution < -0.4 is 0 Å². The zero-order chi connectivity index (χ0) is 13.8. The highest BCUT2D eigenvalue weighted by Gasteiger charge is 2.13. The number of carbonyl (C=O) groups is 1. The Morgan fingerprint density at radius 2 is 1.79 bits per heavy atom. The van der Waals surface area contributed by atoms with Gasteiger partial charge in [-0.1, -0.05) is 12.1 Å². The molecule has 0 unspecified atom stereocenters. The monoisotopic (exact) mass is 257 g/mol. The van der Waals surface area contributed by atoms with E-state index in [0.29, 0.717) is 17.2 Å². The van der Waals surface area contributed by atoms with Gasteiger partial charge in [0.2, 0.25) is 0 Å². The minimum atomic E-state index is -0.862. The van der Waals surface area contributed by atoms with Gasteiger partial charge in [-0.15, -0.1) is 0 Å². The van der Waals surface area contributed by atoms with Crippen LogP contribution in [-0.2, 0) is 6.42 Å². The molecule has 2 aromatic carbocycles. The molecule has 0 radical (unpaired) electrons. The summed E-state index contributed by atoms with van der Waals surface area (Å²) < 4.78 is 26.2. The summed E-state index contributed by atoms with van der Waals surface area (Å²) in [7, 11) is 0. The molecule has 0 bridgehead atoms. The predicted molar refractivity (Wildman–Crippen MR) is 65.5 cm³/mol. The van der Waals surface area contributed by atoms with E-state index in [2.05, 4.69) is 0 Å². The van der Waals surface area contributed by atoms with Gasteiger partial charge in [0, 0.05) is 12.5 Å². The number of hydrogen-bond acceptors (Lipinski definition) is 2. The number of nitrogens with zero attached hydrogens (tertiary/aromatic N) is 1. The maximum Gasteiger partial charge on any atom is 0.170 e. The van der Waals surface area contributed by atoms with E-state index in [1.54, 1.807) is 24.3 Å². The van der Waals surface area contributed by atoms with Gasteiger partial charge in [0.15, 0.2) is 5.78 Å². The number of hydrogen-bond donors (Lipinski definition) is 0. The highest BCUT2D eigenvalue weighted by molar-refractivity contribution is 5.97. The predicted octanol–water partition coefficient (Wildman–Crippen LogP) is 3.26. The second kappa shape index (κ2) is 5.40. The molecular weight excluding hydrogens is 248 g/mol. The number of Topliss-reactive ketones (excluding diaryl/α,β-unsaturated/α-hetero) is 1. The quantitative estimate of drug-likeness (QED) is 0.792. The number of halogens is 2. The molecular formula is C15H9F2NO. The van der Waals surface area contributed by atoms with E-state index < -0.39 is 17.4 Å².